The van der Waals surface area contributed by atoms with Gasteiger partial charge in [0.05, 0.1) is 11.3 Å². The molecule has 1 saturated carbocycles. The molecule has 20 heavy (non-hydrogen) atoms. The van der Waals surface area contributed by atoms with Crippen molar-refractivity contribution in [1.82, 2.24) is 5.16 Å². The molecule has 1 fully saturated rings. The van der Waals surface area contributed by atoms with Crippen molar-refractivity contribution in [3.63, 3.8) is 0 Å². The summed E-state index contributed by atoms with van der Waals surface area (Å²) in [4.78, 5) is 0. The minimum absolute atomic E-state index is 0.0268. The largest absolute Gasteiger partial charge is 0.367 e. The van der Waals surface area contributed by atoms with Crippen molar-refractivity contribution in [1.29, 1.82) is 0 Å². The molecule has 1 heterocycles. The quantitative estimate of drug-likeness (QED) is 0.889. The van der Waals surface area contributed by atoms with Crippen LogP contribution in [-0.4, -0.2) is 5.16 Å². The molecule has 0 unspecified atom stereocenters. The molecule has 0 atom stereocenters. The fourth-order valence-electron chi connectivity index (χ4n) is 3.21. The van der Waals surface area contributed by atoms with Gasteiger partial charge in [-0.25, -0.2) is 4.39 Å². The summed E-state index contributed by atoms with van der Waals surface area (Å²) in [5.74, 6) is 0.000227. The Kier molecular flexibility index (Phi) is 3.24. The highest BCUT2D eigenvalue weighted by molar-refractivity contribution is 5.76. The molecule has 1 aliphatic carbocycles. The van der Waals surface area contributed by atoms with Crippen LogP contribution < -0.4 is 5.73 Å². The monoisotopic (exact) mass is 274 g/mol. The lowest BCUT2D eigenvalue weighted by Gasteiger charge is -2.32. The zero-order chi connectivity index (χ0) is 14.2. The molecular formula is C16H19FN2O. The van der Waals surface area contributed by atoms with E-state index in [4.69, 9.17) is 10.3 Å². The van der Waals surface area contributed by atoms with E-state index in [1.165, 1.54) is 31.4 Å². The standard InChI is InChI=1S/C16H19FN2O/c1-16(8-3-2-4-9-16)14-13(15(18)20-19-14)11-6-5-7-12(17)10-11/h5-7,10H,2-4,8-9,18H2,1H3. The Bertz CT molecular complexity index is 615. The minimum Gasteiger partial charge on any atom is -0.367 e. The van der Waals surface area contributed by atoms with Crippen molar-refractivity contribution in [3.8, 4) is 11.1 Å². The van der Waals surface area contributed by atoms with Gasteiger partial charge < -0.3 is 10.3 Å². The summed E-state index contributed by atoms with van der Waals surface area (Å²) >= 11 is 0. The Morgan fingerprint density at radius 1 is 1.25 bits per heavy atom. The maximum Gasteiger partial charge on any atom is 0.230 e. The number of halogens is 1. The van der Waals surface area contributed by atoms with Gasteiger partial charge in [-0.05, 0) is 30.5 Å². The second-order valence-electron chi connectivity index (χ2n) is 5.90. The van der Waals surface area contributed by atoms with E-state index in [0.717, 1.165) is 29.7 Å². The van der Waals surface area contributed by atoms with Crippen LogP contribution in [0.2, 0.25) is 0 Å². The predicted octanol–water partition coefficient (Wildman–Crippen LogP) is 4.28. The van der Waals surface area contributed by atoms with E-state index < -0.39 is 0 Å². The molecule has 0 radical (unpaired) electrons. The van der Waals surface area contributed by atoms with Gasteiger partial charge >= 0.3 is 0 Å². The van der Waals surface area contributed by atoms with Crippen LogP contribution in [0.25, 0.3) is 11.1 Å². The van der Waals surface area contributed by atoms with Gasteiger partial charge in [0, 0.05) is 5.41 Å². The zero-order valence-electron chi connectivity index (χ0n) is 11.7. The Morgan fingerprint density at radius 2 is 2.00 bits per heavy atom. The summed E-state index contributed by atoms with van der Waals surface area (Å²) in [7, 11) is 0. The number of nitrogens with zero attached hydrogens (tertiary/aromatic N) is 1. The molecule has 3 rings (SSSR count). The molecule has 0 bridgehead atoms. The molecule has 1 aliphatic rings. The molecular weight excluding hydrogens is 255 g/mol. The number of hydrogen-bond acceptors (Lipinski definition) is 3. The summed E-state index contributed by atoms with van der Waals surface area (Å²) in [6.07, 6.45) is 5.78. The molecule has 106 valence electrons. The van der Waals surface area contributed by atoms with Crippen molar-refractivity contribution in [2.24, 2.45) is 0 Å². The number of anilines is 1. The molecule has 1 aromatic carbocycles. The lowest BCUT2D eigenvalue weighted by Crippen LogP contribution is -2.26. The van der Waals surface area contributed by atoms with Gasteiger partial charge in [-0.2, -0.15) is 0 Å². The van der Waals surface area contributed by atoms with Gasteiger partial charge in [0.25, 0.3) is 0 Å². The first-order valence-electron chi connectivity index (χ1n) is 7.12. The number of benzene rings is 1. The highest BCUT2D eigenvalue weighted by Gasteiger charge is 2.35. The third kappa shape index (κ3) is 2.19. The first-order chi connectivity index (χ1) is 9.60. The first-order valence-corrected chi connectivity index (χ1v) is 7.12. The molecule has 0 saturated heterocycles. The minimum atomic E-state index is -0.275. The summed E-state index contributed by atoms with van der Waals surface area (Å²) in [5.41, 5.74) is 8.29. The van der Waals surface area contributed by atoms with Crippen molar-refractivity contribution in [2.45, 2.75) is 44.4 Å². The van der Waals surface area contributed by atoms with Crippen LogP contribution >= 0.6 is 0 Å². The lowest BCUT2D eigenvalue weighted by atomic mass is 9.72. The molecule has 1 aromatic heterocycles. The molecule has 2 aromatic rings. The third-order valence-electron chi connectivity index (χ3n) is 4.36. The molecule has 3 nitrogen and oxygen atoms in total. The van der Waals surface area contributed by atoms with E-state index in [-0.39, 0.29) is 17.1 Å². The molecule has 0 spiro atoms. The maximum absolute atomic E-state index is 13.5. The van der Waals surface area contributed by atoms with E-state index >= 15 is 0 Å². The molecule has 4 heteroatoms. The van der Waals surface area contributed by atoms with Gasteiger partial charge in [0.15, 0.2) is 0 Å². The number of nitrogen functional groups attached to an aromatic ring is 1. The second kappa shape index (κ2) is 4.93. The Hall–Kier alpha value is -1.84. The van der Waals surface area contributed by atoms with Crippen LogP contribution in [0.4, 0.5) is 10.3 Å². The number of aromatic nitrogens is 1. The Labute approximate surface area is 118 Å². The van der Waals surface area contributed by atoms with Gasteiger partial charge in [-0.15, -0.1) is 0 Å². The van der Waals surface area contributed by atoms with E-state index in [2.05, 4.69) is 12.1 Å². The summed E-state index contributed by atoms with van der Waals surface area (Å²) in [5, 5.41) is 4.19. The van der Waals surface area contributed by atoms with Crippen LogP contribution in [-0.2, 0) is 5.41 Å². The fourth-order valence-corrected chi connectivity index (χ4v) is 3.21. The van der Waals surface area contributed by atoms with Crippen LogP contribution in [0.15, 0.2) is 28.8 Å². The van der Waals surface area contributed by atoms with Crippen LogP contribution in [0, 0.1) is 5.82 Å². The summed E-state index contributed by atoms with van der Waals surface area (Å²) in [6.45, 7) is 2.20. The average molecular weight is 274 g/mol. The number of hydrogen-bond donors (Lipinski definition) is 1. The van der Waals surface area contributed by atoms with Crippen molar-refractivity contribution in [3.05, 3.63) is 35.8 Å². The SMILES string of the molecule is CC1(c2noc(N)c2-c2cccc(F)c2)CCCCC1. The highest BCUT2D eigenvalue weighted by atomic mass is 19.1. The Balaban J connectivity index is 2.10. The van der Waals surface area contributed by atoms with Gasteiger partial charge in [0.2, 0.25) is 5.88 Å². The Morgan fingerprint density at radius 3 is 2.70 bits per heavy atom. The van der Waals surface area contributed by atoms with Crippen molar-refractivity contribution in [2.75, 3.05) is 5.73 Å². The number of nitrogens with two attached hydrogens (primary N) is 1. The summed E-state index contributed by atoms with van der Waals surface area (Å²) < 4.78 is 18.7. The van der Waals surface area contributed by atoms with Crippen LogP contribution in [0.3, 0.4) is 0 Å². The zero-order valence-corrected chi connectivity index (χ0v) is 11.7. The van der Waals surface area contributed by atoms with Crippen LogP contribution in [0.5, 0.6) is 0 Å². The second-order valence-corrected chi connectivity index (χ2v) is 5.90. The van der Waals surface area contributed by atoms with E-state index in [1.807, 2.05) is 6.07 Å². The van der Waals surface area contributed by atoms with Crippen molar-refractivity contribution < 1.29 is 8.91 Å². The molecule has 0 aliphatic heterocycles. The maximum atomic E-state index is 13.5. The van der Waals surface area contributed by atoms with E-state index in [1.54, 1.807) is 6.07 Å². The van der Waals surface area contributed by atoms with Crippen molar-refractivity contribution >= 4 is 5.88 Å². The van der Waals surface area contributed by atoms with Crippen LogP contribution in [0.1, 0.15) is 44.7 Å². The average Bonchev–Trinajstić information content (AvgIpc) is 2.82. The smallest absolute Gasteiger partial charge is 0.230 e. The normalized spacial score (nSPS) is 18.1. The lowest BCUT2D eigenvalue weighted by molar-refractivity contribution is 0.295. The number of rotatable bonds is 2. The summed E-state index contributed by atoms with van der Waals surface area (Å²) in [6, 6.07) is 6.44. The van der Waals surface area contributed by atoms with E-state index in [0.29, 0.717) is 0 Å². The fraction of sp³-hybridized carbons (Fsp3) is 0.438. The highest BCUT2D eigenvalue weighted by Crippen LogP contribution is 2.44. The molecule has 0 amide bonds. The van der Waals surface area contributed by atoms with Gasteiger partial charge in [-0.1, -0.05) is 43.5 Å². The third-order valence-corrected chi connectivity index (χ3v) is 4.36. The van der Waals surface area contributed by atoms with Gasteiger partial charge in [0.1, 0.15) is 5.82 Å². The topological polar surface area (TPSA) is 52.0 Å². The molecule has 2 N–H and O–H groups in total. The first kappa shape index (κ1) is 13.2. The predicted molar refractivity (Wildman–Crippen MR) is 76.7 cm³/mol. The van der Waals surface area contributed by atoms with Gasteiger partial charge in [-0.3, -0.25) is 0 Å². The van der Waals surface area contributed by atoms with E-state index in [9.17, 15) is 4.39 Å².